The molecule has 0 aliphatic carbocycles. The quantitative estimate of drug-likeness (QED) is 0.773. The summed E-state index contributed by atoms with van der Waals surface area (Å²) in [5, 5.41) is 8.86. The van der Waals surface area contributed by atoms with Gasteiger partial charge in [0.15, 0.2) is 0 Å². The molecule has 0 aliphatic heterocycles. The predicted octanol–water partition coefficient (Wildman–Crippen LogP) is 2.15. The maximum absolute atomic E-state index is 11.0. The van der Waals surface area contributed by atoms with Gasteiger partial charge in [0.05, 0.1) is 19.6 Å². The van der Waals surface area contributed by atoms with Crippen molar-refractivity contribution in [3.63, 3.8) is 0 Å². The lowest BCUT2D eigenvalue weighted by Gasteiger charge is -1.98. The molecule has 0 bridgehead atoms. The average Bonchev–Trinajstić information content (AvgIpc) is 2.30. The van der Waals surface area contributed by atoms with Gasteiger partial charge >= 0.3 is 5.97 Å². The molecule has 16 heavy (non-hydrogen) atoms. The van der Waals surface area contributed by atoms with Crippen LogP contribution in [0.3, 0.4) is 0 Å². The number of esters is 1. The molecule has 0 aliphatic rings. The van der Waals surface area contributed by atoms with E-state index >= 15 is 0 Å². The molecular weight excluding hydrogens is 204 g/mol. The molecule has 86 valence electrons. The highest BCUT2D eigenvalue weighted by atomic mass is 16.5. The van der Waals surface area contributed by atoms with Crippen molar-refractivity contribution < 1.29 is 14.6 Å². The third kappa shape index (κ3) is 4.28. The molecule has 1 aromatic carbocycles. The Labute approximate surface area is 95.4 Å². The van der Waals surface area contributed by atoms with Crippen molar-refractivity contribution in [3.05, 3.63) is 41.5 Å². The maximum Gasteiger partial charge on any atom is 0.309 e. The topological polar surface area (TPSA) is 46.5 Å². The van der Waals surface area contributed by atoms with Crippen molar-refractivity contribution in [1.29, 1.82) is 0 Å². The van der Waals surface area contributed by atoms with E-state index in [1.165, 1.54) is 0 Å². The van der Waals surface area contributed by atoms with E-state index < -0.39 is 0 Å². The van der Waals surface area contributed by atoms with Crippen molar-refractivity contribution in [2.75, 3.05) is 6.61 Å². The molecule has 1 aromatic rings. The van der Waals surface area contributed by atoms with Gasteiger partial charge in [0.1, 0.15) is 0 Å². The Morgan fingerprint density at radius 3 is 2.62 bits per heavy atom. The van der Waals surface area contributed by atoms with Crippen LogP contribution >= 0.6 is 0 Å². The van der Waals surface area contributed by atoms with Crippen LogP contribution < -0.4 is 0 Å². The van der Waals surface area contributed by atoms with E-state index in [1.807, 2.05) is 30.3 Å². The van der Waals surface area contributed by atoms with Gasteiger partial charge < -0.3 is 9.84 Å². The normalized spacial score (nSPS) is 10.6. The first kappa shape index (κ1) is 12.5. The summed E-state index contributed by atoms with van der Waals surface area (Å²) in [5.41, 5.74) is 1.88. The molecule has 1 N–H and O–H groups in total. The van der Waals surface area contributed by atoms with Gasteiger partial charge in [0, 0.05) is 0 Å². The molecule has 0 fully saturated rings. The summed E-state index contributed by atoms with van der Waals surface area (Å²) in [7, 11) is 0. The van der Waals surface area contributed by atoms with Crippen LogP contribution in [0.25, 0.3) is 6.08 Å². The number of aliphatic hydroxyl groups is 1. The smallest absolute Gasteiger partial charge is 0.309 e. The molecule has 0 aromatic heterocycles. The lowest BCUT2D eigenvalue weighted by Crippen LogP contribution is -2.01. The molecule has 0 atom stereocenters. The third-order valence-electron chi connectivity index (χ3n) is 2.06. The van der Waals surface area contributed by atoms with Crippen molar-refractivity contribution in [1.82, 2.24) is 0 Å². The van der Waals surface area contributed by atoms with Crippen molar-refractivity contribution in [3.8, 4) is 0 Å². The standard InChI is InChI=1S/C13H16O3/c1-2-16-13(15)5-3-4-11-6-8-12(10-14)9-7-11/h3-4,6-9,14H,2,5,10H2,1H3. The molecular formula is C13H16O3. The summed E-state index contributed by atoms with van der Waals surface area (Å²) in [4.78, 5) is 11.0. The zero-order chi connectivity index (χ0) is 11.8. The SMILES string of the molecule is CCOC(=O)CC=Cc1ccc(CO)cc1. The van der Waals surface area contributed by atoms with Gasteiger partial charge in [0.25, 0.3) is 0 Å². The summed E-state index contributed by atoms with van der Waals surface area (Å²) in [6, 6.07) is 7.49. The lowest BCUT2D eigenvalue weighted by molar-refractivity contribution is -0.142. The fourth-order valence-electron chi connectivity index (χ4n) is 1.25. The second-order valence-electron chi connectivity index (χ2n) is 3.31. The summed E-state index contributed by atoms with van der Waals surface area (Å²) in [5.74, 6) is -0.217. The minimum Gasteiger partial charge on any atom is -0.466 e. The van der Waals surface area contributed by atoms with Crippen LogP contribution in [0.15, 0.2) is 30.3 Å². The van der Waals surface area contributed by atoms with Crippen LogP contribution in [0, 0.1) is 0 Å². The van der Waals surface area contributed by atoms with Crippen LogP contribution in [-0.4, -0.2) is 17.7 Å². The zero-order valence-corrected chi connectivity index (χ0v) is 9.35. The van der Waals surface area contributed by atoms with Crippen LogP contribution in [0.5, 0.6) is 0 Å². The highest BCUT2D eigenvalue weighted by molar-refractivity contribution is 5.72. The van der Waals surface area contributed by atoms with Crippen molar-refractivity contribution in [2.45, 2.75) is 20.0 Å². The Kier molecular flexibility index (Phi) is 5.29. The van der Waals surface area contributed by atoms with E-state index in [-0.39, 0.29) is 19.0 Å². The van der Waals surface area contributed by atoms with Gasteiger partial charge in [-0.2, -0.15) is 0 Å². The van der Waals surface area contributed by atoms with Crippen molar-refractivity contribution in [2.24, 2.45) is 0 Å². The summed E-state index contributed by atoms with van der Waals surface area (Å²) >= 11 is 0. The van der Waals surface area contributed by atoms with E-state index in [4.69, 9.17) is 9.84 Å². The minimum absolute atomic E-state index is 0.0484. The van der Waals surface area contributed by atoms with E-state index in [0.717, 1.165) is 11.1 Å². The van der Waals surface area contributed by atoms with Gasteiger partial charge in [-0.05, 0) is 18.1 Å². The minimum atomic E-state index is -0.217. The summed E-state index contributed by atoms with van der Waals surface area (Å²) in [6.07, 6.45) is 3.92. The number of carbonyl (C=O) groups excluding carboxylic acids is 1. The Balaban J connectivity index is 2.46. The van der Waals surface area contributed by atoms with E-state index in [0.29, 0.717) is 6.61 Å². The molecule has 0 spiro atoms. The second kappa shape index (κ2) is 6.80. The first-order chi connectivity index (χ1) is 7.76. The average molecular weight is 220 g/mol. The summed E-state index contributed by atoms with van der Waals surface area (Å²) < 4.78 is 4.79. The van der Waals surface area contributed by atoms with Gasteiger partial charge in [-0.1, -0.05) is 36.4 Å². The van der Waals surface area contributed by atoms with Gasteiger partial charge in [-0.15, -0.1) is 0 Å². The van der Waals surface area contributed by atoms with Gasteiger partial charge in [0.2, 0.25) is 0 Å². The summed E-state index contributed by atoms with van der Waals surface area (Å²) in [6.45, 7) is 2.25. The van der Waals surface area contributed by atoms with Gasteiger partial charge in [-0.3, -0.25) is 4.79 Å². The number of hydrogen-bond acceptors (Lipinski definition) is 3. The van der Waals surface area contributed by atoms with Crippen LogP contribution in [0.4, 0.5) is 0 Å². The highest BCUT2D eigenvalue weighted by Gasteiger charge is 1.96. The molecule has 0 unspecified atom stereocenters. The Morgan fingerprint density at radius 2 is 2.06 bits per heavy atom. The van der Waals surface area contributed by atoms with Crippen LogP contribution in [-0.2, 0) is 16.1 Å². The Bertz CT molecular complexity index is 352. The monoisotopic (exact) mass is 220 g/mol. The molecule has 0 heterocycles. The first-order valence-electron chi connectivity index (χ1n) is 5.28. The van der Waals surface area contributed by atoms with E-state index in [9.17, 15) is 4.79 Å². The number of ether oxygens (including phenoxy) is 1. The molecule has 3 nitrogen and oxygen atoms in total. The number of hydrogen-bond donors (Lipinski definition) is 1. The molecule has 0 saturated carbocycles. The van der Waals surface area contributed by atoms with E-state index in [1.54, 1.807) is 13.0 Å². The zero-order valence-electron chi connectivity index (χ0n) is 9.35. The highest BCUT2D eigenvalue weighted by Crippen LogP contribution is 2.06. The number of benzene rings is 1. The Hall–Kier alpha value is -1.61. The molecule has 0 radical (unpaired) electrons. The number of rotatable bonds is 5. The second-order valence-corrected chi connectivity index (χ2v) is 3.31. The van der Waals surface area contributed by atoms with Crippen LogP contribution in [0.2, 0.25) is 0 Å². The Morgan fingerprint density at radius 1 is 1.38 bits per heavy atom. The largest absolute Gasteiger partial charge is 0.466 e. The number of aliphatic hydroxyl groups excluding tert-OH is 1. The van der Waals surface area contributed by atoms with E-state index in [2.05, 4.69) is 0 Å². The maximum atomic E-state index is 11.0. The molecule has 0 saturated heterocycles. The number of carbonyl (C=O) groups is 1. The molecule has 1 rings (SSSR count). The van der Waals surface area contributed by atoms with Crippen LogP contribution in [0.1, 0.15) is 24.5 Å². The van der Waals surface area contributed by atoms with Gasteiger partial charge in [-0.25, -0.2) is 0 Å². The predicted molar refractivity (Wildman–Crippen MR) is 62.6 cm³/mol. The third-order valence-corrected chi connectivity index (χ3v) is 2.06. The first-order valence-corrected chi connectivity index (χ1v) is 5.28. The fourth-order valence-corrected chi connectivity index (χ4v) is 1.25. The fraction of sp³-hybridized carbons (Fsp3) is 0.308. The molecule has 0 amide bonds. The molecule has 3 heteroatoms. The van der Waals surface area contributed by atoms with Crippen molar-refractivity contribution >= 4 is 12.0 Å². The lowest BCUT2D eigenvalue weighted by atomic mass is 10.1.